The highest BCUT2D eigenvalue weighted by molar-refractivity contribution is 5.89. The highest BCUT2D eigenvalue weighted by Gasteiger charge is 2.04. The van der Waals surface area contributed by atoms with Gasteiger partial charge in [0.05, 0.1) is 6.33 Å². The topological polar surface area (TPSA) is 76.0 Å². The number of urea groups is 1. The Morgan fingerprint density at radius 1 is 1.24 bits per heavy atom. The Morgan fingerprint density at radius 3 is 2.76 bits per heavy atom. The zero-order valence-electron chi connectivity index (χ0n) is 12.1. The Bertz CT molecular complexity index is 694. The highest BCUT2D eigenvalue weighted by Crippen LogP contribution is 2.12. The Hall–Kier alpha value is -2.63. The van der Waals surface area contributed by atoms with Crippen LogP contribution in [0.2, 0.25) is 0 Å². The fraction of sp³-hybridized carbons (Fsp3) is 0.267. The number of nitrogens with zero attached hydrogens (tertiary/aromatic N) is 2. The number of carbonyl (C=O) groups is 1. The van der Waals surface area contributed by atoms with Gasteiger partial charge in [0, 0.05) is 30.5 Å². The summed E-state index contributed by atoms with van der Waals surface area (Å²) in [6, 6.07) is 7.24. The number of rotatable bonds is 4. The van der Waals surface area contributed by atoms with E-state index in [4.69, 9.17) is 0 Å². The maximum Gasteiger partial charge on any atom is 0.319 e. The number of aryl methyl sites for hydroxylation is 2. The summed E-state index contributed by atoms with van der Waals surface area (Å²) in [5.74, 6) is 0. The van der Waals surface area contributed by atoms with Crippen molar-refractivity contribution in [1.82, 2.24) is 14.9 Å². The average Bonchev–Trinajstić information content (AvgIpc) is 2.46. The number of hydrogen-bond donors (Lipinski definition) is 2. The van der Waals surface area contributed by atoms with Crippen molar-refractivity contribution in [3.05, 3.63) is 58.3 Å². The molecule has 1 heterocycles. The SMILES string of the molecule is Cc1ccccc1NC(=O)NCCn1cncc(C)c1=O. The Balaban J connectivity index is 1.86. The minimum atomic E-state index is -0.294. The molecule has 1 aromatic heterocycles. The van der Waals surface area contributed by atoms with E-state index < -0.39 is 0 Å². The van der Waals surface area contributed by atoms with E-state index in [0.717, 1.165) is 11.3 Å². The van der Waals surface area contributed by atoms with Gasteiger partial charge in [-0.1, -0.05) is 18.2 Å². The van der Waals surface area contributed by atoms with Crippen molar-refractivity contribution in [3.63, 3.8) is 0 Å². The third kappa shape index (κ3) is 3.92. The lowest BCUT2D eigenvalue weighted by atomic mass is 10.2. The van der Waals surface area contributed by atoms with Crippen LogP contribution in [0.3, 0.4) is 0 Å². The predicted molar refractivity (Wildman–Crippen MR) is 81.4 cm³/mol. The zero-order valence-corrected chi connectivity index (χ0v) is 12.1. The molecule has 0 aliphatic heterocycles. The molecule has 1 aromatic carbocycles. The zero-order chi connectivity index (χ0) is 15.2. The third-order valence-electron chi connectivity index (χ3n) is 3.10. The number of para-hydroxylation sites is 1. The first-order chi connectivity index (χ1) is 10.1. The van der Waals surface area contributed by atoms with Gasteiger partial charge in [-0.3, -0.25) is 9.36 Å². The van der Waals surface area contributed by atoms with Crippen LogP contribution in [0.5, 0.6) is 0 Å². The molecule has 2 N–H and O–H groups in total. The Kier molecular flexibility index (Phi) is 4.71. The van der Waals surface area contributed by atoms with E-state index in [-0.39, 0.29) is 11.6 Å². The van der Waals surface area contributed by atoms with Crippen LogP contribution < -0.4 is 16.2 Å². The largest absolute Gasteiger partial charge is 0.336 e. The smallest absolute Gasteiger partial charge is 0.319 e. The van der Waals surface area contributed by atoms with E-state index in [1.54, 1.807) is 6.92 Å². The quantitative estimate of drug-likeness (QED) is 0.898. The normalized spacial score (nSPS) is 10.2. The van der Waals surface area contributed by atoms with Crippen molar-refractivity contribution < 1.29 is 4.79 Å². The molecule has 0 saturated heterocycles. The summed E-state index contributed by atoms with van der Waals surface area (Å²) < 4.78 is 1.48. The summed E-state index contributed by atoms with van der Waals surface area (Å²) in [5.41, 5.74) is 2.25. The molecular formula is C15H18N4O2. The molecule has 2 amide bonds. The molecule has 6 nitrogen and oxygen atoms in total. The van der Waals surface area contributed by atoms with E-state index in [1.165, 1.54) is 17.1 Å². The first-order valence-electron chi connectivity index (χ1n) is 6.69. The van der Waals surface area contributed by atoms with Gasteiger partial charge in [-0.25, -0.2) is 9.78 Å². The molecule has 0 bridgehead atoms. The second kappa shape index (κ2) is 6.69. The number of anilines is 1. The van der Waals surface area contributed by atoms with Crippen molar-refractivity contribution in [2.24, 2.45) is 0 Å². The van der Waals surface area contributed by atoms with Crippen LogP contribution in [0.15, 0.2) is 41.6 Å². The predicted octanol–water partition coefficient (Wildman–Crippen LogP) is 1.68. The van der Waals surface area contributed by atoms with Crippen LogP contribution in [0.25, 0.3) is 0 Å². The van der Waals surface area contributed by atoms with Crippen molar-refractivity contribution in [3.8, 4) is 0 Å². The second-order valence-electron chi connectivity index (χ2n) is 4.77. The number of hydrogen-bond acceptors (Lipinski definition) is 3. The maximum absolute atomic E-state index is 11.8. The van der Waals surface area contributed by atoms with Gasteiger partial charge in [0.2, 0.25) is 0 Å². The van der Waals surface area contributed by atoms with Gasteiger partial charge < -0.3 is 10.6 Å². The average molecular weight is 286 g/mol. The minimum Gasteiger partial charge on any atom is -0.336 e. The maximum atomic E-state index is 11.8. The number of benzene rings is 1. The molecule has 0 aliphatic rings. The van der Waals surface area contributed by atoms with Gasteiger partial charge in [-0.15, -0.1) is 0 Å². The van der Waals surface area contributed by atoms with Crippen LogP contribution in [0.1, 0.15) is 11.1 Å². The van der Waals surface area contributed by atoms with Crippen LogP contribution >= 0.6 is 0 Å². The highest BCUT2D eigenvalue weighted by atomic mass is 16.2. The second-order valence-corrected chi connectivity index (χ2v) is 4.77. The number of nitrogens with one attached hydrogen (secondary N) is 2. The molecule has 110 valence electrons. The molecule has 2 rings (SSSR count). The van der Waals surface area contributed by atoms with Crippen LogP contribution in [0.4, 0.5) is 10.5 Å². The van der Waals surface area contributed by atoms with E-state index in [9.17, 15) is 9.59 Å². The molecule has 0 aliphatic carbocycles. The van der Waals surface area contributed by atoms with E-state index in [1.807, 2.05) is 31.2 Å². The van der Waals surface area contributed by atoms with Gasteiger partial charge in [-0.05, 0) is 25.5 Å². The Labute approximate surface area is 122 Å². The molecule has 0 saturated carbocycles. The fourth-order valence-corrected chi connectivity index (χ4v) is 1.89. The molecule has 0 atom stereocenters. The van der Waals surface area contributed by atoms with Gasteiger partial charge in [0.15, 0.2) is 0 Å². The molecule has 21 heavy (non-hydrogen) atoms. The lowest BCUT2D eigenvalue weighted by molar-refractivity contribution is 0.251. The molecule has 0 spiro atoms. The molecule has 0 fully saturated rings. The van der Waals surface area contributed by atoms with Gasteiger partial charge in [-0.2, -0.15) is 0 Å². The molecule has 2 aromatic rings. The summed E-state index contributed by atoms with van der Waals surface area (Å²) in [7, 11) is 0. The summed E-state index contributed by atoms with van der Waals surface area (Å²) >= 11 is 0. The first-order valence-corrected chi connectivity index (χ1v) is 6.69. The van der Waals surface area contributed by atoms with Crippen LogP contribution in [-0.2, 0) is 6.54 Å². The summed E-state index contributed by atoms with van der Waals surface area (Å²) in [5, 5.41) is 5.49. The lowest BCUT2D eigenvalue weighted by Gasteiger charge is -2.10. The van der Waals surface area contributed by atoms with E-state index >= 15 is 0 Å². The van der Waals surface area contributed by atoms with Crippen molar-refractivity contribution in [2.45, 2.75) is 20.4 Å². The lowest BCUT2D eigenvalue weighted by Crippen LogP contribution is -2.34. The monoisotopic (exact) mass is 286 g/mol. The van der Waals surface area contributed by atoms with Crippen LogP contribution in [-0.4, -0.2) is 22.1 Å². The number of amides is 2. The van der Waals surface area contributed by atoms with Crippen LogP contribution in [0, 0.1) is 13.8 Å². The van der Waals surface area contributed by atoms with E-state index in [2.05, 4.69) is 15.6 Å². The van der Waals surface area contributed by atoms with Gasteiger partial charge in [0.25, 0.3) is 5.56 Å². The third-order valence-corrected chi connectivity index (χ3v) is 3.10. The standard InChI is InChI=1S/C15H18N4O2/c1-11-5-3-4-6-13(11)18-15(21)17-7-8-19-10-16-9-12(2)14(19)20/h3-6,9-10H,7-8H2,1-2H3,(H2,17,18,21). The molecule has 0 radical (unpaired) electrons. The molecular weight excluding hydrogens is 268 g/mol. The van der Waals surface area contributed by atoms with Crippen molar-refractivity contribution in [2.75, 3.05) is 11.9 Å². The van der Waals surface area contributed by atoms with Gasteiger partial charge in [0.1, 0.15) is 0 Å². The molecule has 0 unspecified atom stereocenters. The molecule has 6 heteroatoms. The minimum absolute atomic E-state index is 0.0916. The first kappa shape index (κ1) is 14.8. The summed E-state index contributed by atoms with van der Waals surface area (Å²) in [6.07, 6.45) is 2.99. The van der Waals surface area contributed by atoms with Crippen molar-refractivity contribution in [1.29, 1.82) is 0 Å². The summed E-state index contributed by atoms with van der Waals surface area (Å²) in [6.45, 7) is 4.37. The fourth-order valence-electron chi connectivity index (χ4n) is 1.89. The van der Waals surface area contributed by atoms with Crippen molar-refractivity contribution >= 4 is 11.7 Å². The number of aromatic nitrogens is 2. The van der Waals surface area contributed by atoms with E-state index in [0.29, 0.717) is 18.7 Å². The summed E-state index contributed by atoms with van der Waals surface area (Å²) in [4.78, 5) is 27.5. The Morgan fingerprint density at radius 2 is 2.00 bits per heavy atom. The van der Waals surface area contributed by atoms with Gasteiger partial charge >= 0.3 is 6.03 Å². The number of carbonyl (C=O) groups excluding carboxylic acids is 1.